The number of hydrogen-bond acceptors (Lipinski definition) is 3. The van der Waals surface area contributed by atoms with E-state index in [1.165, 1.54) is 4.31 Å². The third-order valence-corrected chi connectivity index (χ3v) is 6.11. The smallest absolute Gasteiger partial charge is 0.281 e. The van der Waals surface area contributed by atoms with E-state index in [4.69, 9.17) is 5.73 Å². The fraction of sp³-hybridized carbons (Fsp3) is 1.00. The van der Waals surface area contributed by atoms with E-state index >= 15 is 0 Å². The minimum atomic E-state index is -3.34. The lowest BCUT2D eigenvalue weighted by atomic mass is 9.94. The molecule has 5 nitrogen and oxygen atoms in total. The highest BCUT2D eigenvalue weighted by Gasteiger charge is 2.33. The summed E-state index contributed by atoms with van der Waals surface area (Å²) < 4.78 is 28.2. The van der Waals surface area contributed by atoms with Crippen LogP contribution in [0.1, 0.15) is 40.5 Å². The van der Waals surface area contributed by atoms with E-state index < -0.39 is 10.2 Å². The average Bonchev–Trinajstić information content (AvgIpc) is 2.33. The van der Waals surface area contributed by atoms with Crippen LogP contribution in [0.2, 0.25) is 0 Å². The molecule has 0 radical (unpaired) electrons. The number of rotatable bonds is 6. The largest absolute Gasteiger partial charge is 0.327 e. The number of nitrogens with two attached hydrogens (primary N) is 1. The molecule has 1 aliphatic rings. The van der Waals surface area contributed by atoms with Crippen molar-refractivity contribution in [2.24, 2.45) is 23.5 Å². The molecule has 0 aromatic rings. The molecule has 0 spiro atoms. The zero-order valence-electron chi connectivity index (χ0n) is 13.5. The molecular weight excluding hydrogens is 274 g/mol. The van der Waals surface area contributed by atoms with Gasteiger partial charge in [0.2, 0.25) is 0 Å². The summed E-state index contributed by atoms with van der Waals surface area (Å²) in [7, 11) is -1.68. The van der Waals surface area contributed by atoms with Gasteiger partial charge in [-0.3, -0.25) is 0 Å². The standard InChI is InChI=1S/C14H31N3O2S/c1-11(2)14(15)6-7-16(5)20(18,19)17-9-12(3)8-13(4)10-17/h11-14H,6-10,15H2,1-5H3. The molecule has 1 saturated heterocycles. The second-order valence-electron chi connectivity index (χ2n) is 6.79. The SMILES string of the molecule is CC1CC(C)CN(S(=O)(=O)N(C)CCC(N)C(C)C)C1. The Morgan fingerprint density at radius 1 is 1.25 bits per heavy atom. The van der Waals surface area contributed by atoms with Crippen LogP contribution in [0.25, 0.3) is 0 Å². The van der Waals surface area contributed by atoms with Crippen LogP contribution in [-0.4, -0.2) is 49.8 Å². The fourth-order valence-corrected chi connectivity index (χ4v) is 4.39. The first kappa shape index (κ1) is 17.9. The molecule has 1 heterocycles. The Balaban J connectivity index is 2.63. The van der Waals surface area contributed by atoms with Crippen molar-refractivity contribution in [2.75, 3.05) is 26.7 Å². The highest BCUT2D eigenvalue weighted by atomic mass is 32.2. The molecule has 0 saturated carbocycles. The van der Waals surface area contributed by atoms with Crippen LogP contribution in [0.5, 0.6) is 0 Å². The molecule has 6 heteroatoms. The molecule has 20 heavy (non-hydrogen) atoms. The second kappa shape index (κ2) is 7.20. The zero-order valence-corrected chi connectivity index (χ0v) is 14.4. The van der Waals surface area contributed by atoms with Crippen LogP contribution >= 0.6 is 0 Å². The Morgan fingerprint density at radius 2 is 1.75 bits per heavy atom. The normalized spacial score (nSPS) is 27.2. The van der Waals surface area contributed by atoms with Gasteiger partial charge in [-0.25, -0.2) is 0 Å². The second-order valence-corrected chi connectivity index (χ2v) is 8.82. The van der Waals surface area contributed by atoms with Crippen LogP contribution in [0.3, 0.4) is 0 Å². The molecule has 0 aliphatic carbocycles. The Hall–Kier alpha value is -0.170. The van der Waals surface area contributed by atoms with E-state index in [1.54, 1.807) is 11.4 Å². The molecular formula is C14H31N3O2S. The van der Waals surface area contributed by atoms with Crippen LogP contribution in [-0.2, 0) is 10.2 Å². The van der Waals surface area contributed by atoms with Crippen LogP contribution < -0.4 is 5.73 Å². The molecule has 3 atom stereocenters. The predicted octanol–water partition coefficient (Wildman–Crippen LogP) is 1.51. The Labute approximate surface area is 124 Å². The van der Waals surface area contributed by atoms with Gasteiger partial charge in [-0.05, 0) is 30.6 Å². The molecule has 1 fully saturated rings. The van der Waals surface area contributed by atoms with Crippen molar-refractivity contribution < 1.29 is 8.42 Å². The van der Waals surface area contributed by atoms with Gasteiger partial charge in [0.05, 0.1) is 0 Å². The molecule has 3 unspecified atom stereocenters. The summed E-state index contributed by atoms with van der Waals surface area (Å²) >= 11 is 0. The quantitative estimate of drug-likeness (QED) is 0.809. The lowest BCUT2D eigenvalue weighted by Crippen LogP contribution is -2.49. The van der Waals surface area contributed by atoms with Crippen molar-refractivity contribution in [1.82, 2.24) is 8.61 Å². The van der Waals surface area contributed by atoms with Gasteiger partial charge in [0.1, 0.15) is 0 Å². The number of nitrogens with zero attached hydrogens (tertiary/aromatic N) is 2. The Bertz CT molecular complexity index is 387. The summed E-state index contributed by atoms with van der Waals surface area (Å²) in [6.07, 6.45) is 1.81. The molecule has 0 amide bonds. The van der Waals surface area contributed by atoms with Crippen molar-refractivity contribution in [3.63, 3.8) is 0 Å². The monoisotopic (exact) mass is 305 g/mol. The lowest BCUT2D eigenvalue weighted by molar-refractivity contribution is 0.211. The lowest BCUT2D eigenvalue weighted by Gasteiger charge is -2.36. The van der Waals surface area contributed by atoms with Crippen LogP contribution in [0, 0.1) is 17.8 Å². The van der Waals surface area contributed by atoms with Gasteiger partial charge in [0.15, 0.2) is 0 Å². The molecule has 0 bridgehead atoms. The van der Waals surface area contributed by atoms with Gasteiger partial charge in [-0.1, -0.05) is 27.7 Å². The molecule has 1 rings (SSSR count). The molecule has 1 aliphatic heterocycles. The van der Waals surface area contributed by atoms with Crippen molar-refractivity contribution >= 4 is 10.2 Å². The maximum Gasteiger partial charge on any atom is 0.281 e. The van der Waals surface area contributed by atoms with Crippen molar-refractivity contribution in [3.8, 4) is 0 Å². The van der Waals surface area contributed by atoms with Gasteiger partial charge in [0, 0.05) is 32.7 Å². The summed E-state index contributed by atoms with van der Waals surface area (Å²) in [5.41, 5.74) is 6.00. The fourth-order valence-electron chi connectivity index (χ4n) is 2.77. The van der Waals surface area contributed by atoms with E-state index in [0.29, 0.717) is 43.8 Å². The van der Waals surface area contributed by atoms with Gasteiger partial charge in [-0.2, -0.15) is 17.0 Å². The molecule has 2 N–H and O–H groups in total. The van der Waals surface area contributed by atoms with E-state index in [2.05, 4.69) is 27.7 Å². The molecule has 0 aromatic heterocycles. The summed E-state index contributed by atoms with van der Waals surface area (Å²) in [5, 5.41) is 0. The first-order valence-corrected chi connectivity index (χ1v) is 9.01. The van der Waals surface area contributed by atoms with Crippen LogP contribution in [0.4, 0.5) is 0 Å². The molecule has 120 valence electrons. The highest BCUT2D eigenvalue weighted by Crippen LogP contribution is 2.24. The van der Waals surface area contributed by atoms with Gasteiger partial charge >= 0.3 is 0 Å². The maximum absolute atomic E-state index is 12.6. The minimum Gasteiger partial charge on any atom is -0.327 e. The number of hydrogen-bond donors (Lipinski definition) is 1. The number of piperidine rings is 1. The van der Waals surface area contributed by atoms with Gasteiger partial charge in [0.25, 0.3) is 10.2 Å². The van der Waals surface area contributed by atoms with Gasteiger partial charge in [-0.15, -0.1) is 0 Å². The van der Waals surface area contributed by atoms with Crippen molar-refractivity contribution in [3.05, 3.63) is 0 Å². The predicted molar refractivity (Wildman–Crippen MR) is 83.5 cm³/mol. The third-order valence-electron chi connectivity index (χ3n) is 4.19. The minimum absolute atomic E-state index is 0.0480. The zero-order chi connectivity index (χ0) is 15.5. The topological polar surface area (TPSA) is 66.6 Å². The maximum atomic E-state index is 12.6. The van der Waals surface area contributed by atoms with E-state index in [-0.39, 0.29) is 6.04 Å². The summed E-state index contributed by atoms with van der Waals surface area (Å²) in [6.45, 7) is 10.1. The van der Waals surface area contributed by atoms with Crippen LogP contribution in [0.15, 0.2) is 0 Å². The Kier molecular flexibility index (Phi) is 6.44. The third kappa shape index (κ3) is 4.69. The average molecular weight is 305 g/mol. The van der Waals surface area contributed by atoms with Gasteiger partial charge < -0.3 is 5.73 Å². The van der Waals surface area contributed by atoms with E-state index in [9.17, 15) is 8.42 Å². The summed E-state index contributed by atoms with van der Waals surface area (Å²) in [5.74, 6) is 1.24. The summed E-state index contributed by atoms with van der Waals surface area (Å²) in [6, 6.07) is 0.0480. The Morgan fingerprint density at radius 3 is 2.20 bits per heavy atom. The molecule has 0 aromatic carbocycles. The van der Waals surface area contributed by atoms with Crippen molar-refractivity contribution in [1.29, 1.82) is 0 Å². The van der Waals surface area contributed by atoms with E-state index in [1.807, 2.05) is 0 Å². The summed E-state index contributed by atoms with van der Waals surface area (Å²) in [4.78, 5) is 0. The first-order valence-electron chi connectivity index (χ1n) is 7.61. The van der Waals surface area contributed by atoms with E-state index in [0.717, 1.165) is 6.42 Å². The first-order chi connectivity index (χ1) is 9.14. The highest BCUT2D eigenvalue weighted by molar-refractivity contribution is 7.86. The van der Waals surface area contributed by atoms with Crippen molar-refractivity contribution in [2.45, 2.75) is 46.6 Å².